The molecule has 3 aromatic rings. The molecule has 0 aliphatic rings. The van der Waals surface area contributed by atoms with E-state index in [1.807, 2.05) is 25.1 Å². The first-order valence-electron chi connectivity index (χ1n) is 6.23. The van der Waals surface area contributed by atoms with Crippen molar-refractivity contribution >= 4 is 33.2 Å². The predicted octanol–water partition coefficient (Wildman–Crippen LogP) is 3.61. The summed E-state index contributed by atoms with van der Waals surface area (Å²) in [4.78, 5) is 18.5. The first kappa shape index (κ1) is 13.8. The van der Waals surface area contributed by atoms with Gasteiger partial charge >= 0.3 is 0 Å². The van der Waals surface area contributed by atoms with Crippen LogP contribution < -0.4 is 5.56 Å². The van der Waals surface area contributed by atoms with E-state index in [-0.39, 0.29) is 12.1 Å². The van der Waals surface area contributed by atoms with E-state index in [2.05, 4.69) is 4.98 Å². The first-order chi connectivity index (χ1) is 10.1. The summed E-state index contributed by atoms with van der Waals surface area (Å²) in [5, 5.41) is 10.0. The maximum atomic E-state index is 12.5. The molecule has 1 aromatic carbocycles. The highest BCUT2D eigenvalue weighted by atomic mass is 35.5. The van der Waals surface area contributed by atoms with Crippen LogP contribution >= 0.6 is 22.9 Å². The van der Waals surface area contributed by atoms with Crippen molar-refractivity contribution in [3.05, 3.63) is 50.8 Å². The molecule has 3 rings (SSSR count). The van der Waals surface area contributed by atoms with E-state index >= 15 is 0 Å². The third-order valence-electron chi connectivity index (χ3n) is 3.23. The molecule has 0 saturated heterocycles. The van der Waals surface area contributed by atoms with Gasteiger partial charge in [-0.1, -0.05) is 23.7 Å². The van der Waals surface area contributed by atoms with E-state index in [9.17, 15) is 4.79 Å². The molecule has 0 saturated carbocycles. The van der Waals surface area contributed by atoms with Crippen molar-refractivity contribution in [2.45, 2.75) is 13.5 Å². The van der Waals surface area contributed by atoms with Gasteiger partial charge in [-0.2, -0.15) is 5.26 Å². The Kier molecular flexibility index (Phi) is 3.50. The highest BCUT2D eigenvalue weighted by Gasteiger charge is 2.16. The fourth-order valence-electron chi connectivity index (χ4n) is 2.29. The number of aryl methyl sites for hydroxylation is 1. The quantitative estimate of drug-likeness (QED) is 0.726. The second kappa shape index (κ2) is 5.32. The fraction of sp³-hybridized carbons (Fsp3) is 0.133. The van der Waals surface area contributed by atoms with Crippen molar-refractivity contribution in [2.24, 2.45) is 0 Å². The number of halogens is 1. The van der Waals surface area contributed by atoms with Gasteiger partial charge in [0, 0.05) is 15.5 Å². The van der Waals surface area contributed by atoms with Crippen molar-refractivity contribution < 1.29 is 0 Å². The van der Waals surface area contributed by atoms with E-state index in [0.29, 0.717) is 15.2 Å². The van der Waals surface area contributed by atoms with Crippen molar-refractivity contribution in [3.8, 4) is 17.2 Å². The maximum Gasteiger partial charge on any atom is 0.263 e. The standard InChI is InChI=1S/C15H10ClN3OS/c1-9-12(10-2-4-11(16)5-3-10)13-14(21-9)18-8-19(7-6-17)15(13)20/h2-5,8H,7H2,1H3. The number of hydrogen-bond acceptors (Lipinski definition) is 4. The molecule has 0 aliphatic heterocycles. The van der Waals surface area contributed by atoms with E-state index in [0.717, 1.165) is 16.0 Å². The Bertz CT molecular complexity index is 919. The Morgan fingerprint density at radius 1 is 1.38 bits per heavy atom. The minimum Gasteiger partial charge on any atom is -0.285 e. The van der Waals surface area contributed by atoms with Gasteiger partial charge in [-0.05, 0) is 24.6 Å². The molecule has 0 spiro atoms. The van der Waals surface area contributed by atoms with Gasteiger partial charge < -0.3 is 0 Å². The van der Waals surface area contributed by atoms with Crippen molar-refractivity contribution in [3.63, 3.8) is 0 Å². The number of nitrogens with zero attached hydrogens (tertiary/aromatic N) is 3. The zero-order chi connectivity index (χ0) is 15.0. The molecule has 0 bridgehead atoms. The molecule has 0 unspecified atom stereocenters. The molecule has 0 amide bonds. The van der Waals surface area contributed by atoms with E-state index < -0.39 is 0 Å². The van der Waals surface area contributed by atoms with Crippen LogP contribution in [-0.4, -0.2) is 9.55 Å². The van der Waals surface area contributed by atoms with Crippen LogP contribution in [-0.2, 0) is 6.54 Å². The van der Waals surface area contributed by atoms with Gasteiger partial charge in [0.2, 0.25) is 0 Å². The molecule has 4 nitrogen and oxygen atoms in total. The van der Waals surface area contributed by atoms with E-state index in [4.69, 9.17) is 16.9 Å². The first-order valence-corrected chi connectivity index (χ1v) is 7.42. The van der Waals surface area contributed by atoms with Gasteiger partial charge in [-0.3, -0.25) is 9.36 Å². The largest absolute Gasteiger partial charge is 0.285 e. The normalized spacial score (nSPS) is 10.7. The van der Waals surface area contributed by atoms with Crippen molar-refractivity contribution in [1.82, 2.24) is 9.55 Å². The minimum atomic E-state index is -0.184. The Morgan fingerprint density at radius 3 is 2.76 bits per heavy atom. The zero-order valence-corrected chi connectivity index (χ0v) is 12.7. The molecule has 0 fully saturated rings. The second-order valence-electron chi connectivity index (χ2n) is 4.56. The number of nitriles is 1. The van der Waals surface area contributed by atoms with Gasteiger partial charge in [0.15, 0.2) is 0 Å². The molecule has 0 radical (unpaired) electrons. The summed E-state index contributed by atoms with van der Waals surface area (Å²) in [5.41, 5.74) is 1.61. The van der Waals surface area contributed by atoms with Gasteiger partial charge in [-0.25, -0.2) is 4.98 Å². The van der Waals surface area contributed by atoms with Gasteiger partial charge in [0.1, 0.15) is 17.7 Å². The summed E-state index contributed by atoms with van der Waals surface area (Å²) in [6, 6.07) is 9.34. The molecule has 0 atom stereocenters. The SMILES string of the molecule is Cc1sc2ncn(CC#N)c(=O)c2c1-c1ccc(Cl)cc1. The Morgan fingerprint density at radius 2 is 2.10 bits per heavy atom. The van der Waals surface area contributed by atoms with Crippen LogP contribution in [0.4, 0.5) is 0 Å². The molecule has 2 aromatic heterocycles. The number of aromatic nitrogens is 2. The molecule has 21 heavy (non-hydrogen) atoms. The fourth-order valence-corrected chi connectivity index (χ4v) is 3.42. The number of benzene rings is 1. The lowest BCUT2D eigenvalue weighted by Gasteiger charge is -2.03. The third-order valence-corrected chi connectivity index (χ3v) is 4.49. The molecular weight excluding hydrogens is 306 g/mol. The lowest BCUT2D eigenvalue weighted by atomic mass is 10.0. The second-order valence-corrected chi connectivity index (χ2v) is 6.20. The topological polar surface area (TPSA) is 58.7 Å². The number of fused-ring (bicyclic) bond motifs is 1. The lowest BCUT2D eigenvalue weighted by molar-refractivity contribution is 0.777. The summed E-state index contributed by atoms with van der Waals surface area (Å²) >= 11 is 7.40. The zero-order valence-electron chi connectivity index (χ0n) is 11.1. The molecule has 2 heterocycles. The molecule has 104 valence electrons. The highest BCUT2D eigenvalue weighted by Crippen LogP contribution is 2.35. The summed E-state index contributed by atoms with van der Waals surface area (Å²) < 4.78 is 1.33. The van der Waals surface area contributed by atoms with Crippen LogP contribution in [0.2, 0.25) is 5.02 Å². The van der Waals surface area contributed by atoms with E-state index in [1.165, 1.54) is 22.2 Å². The molecular formula is C15H10ClN3OS. The van der Waals surface area contributed by atoms with Gasteiger partial charge in [-0.15, -0.1) is 11.3 Å². The van der Waals surface area contributed by atoms with Crippen LogP contribution in [0.15, 0.2) is 35.4 Å². The summed E-state index contributed by atoms with van der Waals surface area (Å²) in [6.07, 6.45) is 1.43. The maximum absolute atomic E-state index is 12.5. The van der Waals surface area contributed by atoms with Crippen molar-refractivity contribution in [1.29, 1.82) is 5.26 Å². The summed E-state index contributed by atoms with van der Waals surface area (Å²) in [6.45, 7) is 1.96. The van der Waals surface area contributed by atoms with Gasteiger partial charge in [0.05, 0.1) is 11.5 Å². The van der Waals surface area contributed by atoms with Crippen LogP contribution in [0.25, 0.3) is 21.3 Å². The number of rotatable bonds is 2. The monoisotopic (exact) mass is 315 g/mol. The molecule has 6 heteroatoms. The van der Waals surface area contributed by atoms with Crippen LogP contribution in [0.5, 0.6) is 0 Å². The smallest absolute Gasteiger partial charge is 0.263 e. The predicted molar refractivity (Wildman–Crippen MR) is 84.7 cm³/mol. The Hall–Kier alpha value is -2.16. The van der Waals surface area contributed by atoms with E-state index in [1.54, 1.807) is 12.1 Å². The van der Waals surface area contributed by atoms with Crippen LogP contribution in [0.1, 0.15) is 4.88 Å². The Labute approximate surface area is 129 Å². The summed E-state index contributed by atoms with van der Waals surface area (Å²) in [7, 11) is 0. The average molecular weight is 316 g/mol. The molecule has 0 N–H and O–H groups in total. The van der Waals surface area contributed by atoms with Crippen LogP contribution in [0.3, 0.4) is 0 Å². The number of hydrogen-bond donors (Lipinski definition) is 0. The molecule has 0 aliphatic carbocycles. The minimum absolute atomic E-state index is 0.00325. The summed E-state index contributed by atoms with van der Waals surface area (Å²) in [5.74, 6) is 0. The lowest BCUT2D eigenvalue weighted by Crippen LogP contribution is -2.19. The highest BCUT2D eigenvalue weighted by molar-refractivity contribution is 7.19. The third kappa shape index (κ3) is 2.33. The Balaban J connectivity index is 2.34. The van der Waals surface area contributed by atoms with Gasteiger partial charge in [0.25, 0.3) is 5.56 Å². The van der Waals surface area contributed by atoms with Crippen LogP contribution in [0, 0.1) is 18.3 Å². The van der Waals surface area contributed by atoms with Crippen molar-refractivity contribution in [2.75, 3.05) is 0 Å². The average Bonchev–Trinajstić information content (AvgIpc) is 2.80. The number of thiophene rings is 1.